The van der Waals surface area contributed by atoms with Crippen LogP contribution in [0.2, 0.25) is 0 Å². The maximum absolute atomic E-state index is 8.51. The number of nitrogens with zero attached hydrogens (tertiary/aromatic N) is 3. The van der Waals surface area contributed by atoms with Crippen LogP contribution in [0.3, 0.4) is 0 Å². The van der Waals surface area contributed by atoms with Gasteiger partial charge in [-0.15, -0.1) is 0 Å². The molecule has 5 heteroatoms. The van der Waals surface area contributed by atoms with Crippen LogP contribution in [0.4, 0.5) is 0 Å². The number of halogens is 1. The van der Waals surface area contributed by atoms with Crippen molar-refractivity contribution in [1.29, 1.82) is 5.26 Å². The van der Waals surface area contributed by atoms with Crippen LogP contribution in [-0.4, -0.2) is 15.2 Å². The van der Waals surface area contributed by atoms with E-state index >= 15 is 0 Å². The molecule has 0 unspecified atom stereocenters. The van der Waals surface area contributed by atoms with E-state index in [0.29, 0.717) is 11.5 Å². The first-order valence-electron chi connectivity index (χ1n) is 2.85. The molecule has 1 rings (SSSR count). The first-order chi connectivity index (χ1) is 5.26. The molecule has 3 nitrogen and oxygen atoms in total. The molecule has 0 amide bonds. The molecule has 0 atom stereocenters. The zero-order valence-corrected chi connectivity index (χ0v) is 8.03. The quantitative estimate of drug-likeness (QED) is 0.425. The van der Waals surface area contributed by atoms with Gasteiger partial charge >= 0.3 is 75.3 Å². The summed E-state index contributed by atoms with van der Waals surface area (Å²) < 4.78 is 0.813. The van der Waals surface area contributed by atoms with Crippen LogP contribution in [0.1, 0.15) is 11.5 Å². The summed E-state index contributed by atoms with van der Waals surface area (Å²) in [7, 11) is 0. The minimum atomic E-state index is -0.533. The molecule has 53 valence electrons. The molecule has 0 aliphatic rings. The van der Waals surface area contributed by atoms with Crippen molar-refractivity contribution in [2.45, 2.75) is 6.92 Å². The number of nitriles is 1. The van der Waals surface area contributed by atoms with Crippen LogP contribution in [-0.2, 0) is 0 Å². The van der Waals surface area contributed by atoms with E-state index in [1.165, 1.54) is 0 Å². The third-order valence-corrected chi connectivity index (χ3v) is 2.22. The van der Waals surface area contributed by atoms with Crippen LogP contribution in [0.5, 0.6) is 0 Å². The van der Waals surface area contributed by atoms with E-state index in [2.05, 4.69) is 9.97 Å². The van der Waals surface area contributed by atoms with Crippen LogP contribution in [0.25, 0.3) is 0 Å². The van der Waals surface area contributed by atoms with E-state index in [1.54, 1.807) is 13.0 Å². The third-order valence-electron chi connectivity index (χ3n) is 1.03. The number of rotatable bonds is 1. The molecule has 0 fully saturated rings. The van der Waals surface area contributed by atoms with Gasteiger partial charge in [-0.2, -0.15) is 0 Å². The Hall–Kier alpha value is -0.635. The fraction of sp³-hybridized carbons (Fsp3) is 0.167. The van der Waals surface area contributed by atoms with E-state index in [0.717, 1.165) is 3.70 Å². The molecule has 1 heterocycles. The first-order valence-corrected chi connectivity index (χ1v) is 5.18. The van der Waals surface area contributed by atoms with Crippen molar-refractivity contribution >= 4 is 25.8 Å². The maximum atomic E-state index is 8.51. The Morgan fingerprint density at radius 2 is 2.36 bits per heavy atom. The molecule has 0 saturated carbocycles. The molecule has 1 aromatic rings. The Bertz CT molecular complexity index is 331. The predicted octanol–water partition coefficient (Wildman–Crippen LogP) is 0.881. The van der Waals surface area contributed by atoms with Crippen molar-refractivity contribution in [2.24, 2.45) is 0 Å². The van der Waals surface area contributed by atoms with Gasteiger partial charge in [-0.05, 0) is 0 Å². The fourth-order valence-corrected chi connectivity index (χ4v) is 1.61. The van der Waals surface area contributed by atoms with Gasteiger partial charge in [0.15, 0.2) is 0 Å². The zero-order valence-electron chi connectivity index (χ0n) is 5.87. The van der Waals surface area contributed by atoms with Gasteiger partial charge in [-0.25, -0.2) is 0 Å². The van der Waals surface area contributed by atoms with Gasteiger partial charge in [0.05, 0.1) is 0 Å². The third kappa shape index (κ3) is 2.15. The summed E-state index contributed by atoms with van der Waals surface area (Å²) in [6.07, 6.45) is 0. The number of aromatic nitrogens is 2. The second kappa shape index (κ2) is 3.67. The second-order valence-corrected chi connectivity index (χ2v) is 3.57. The van der Waals surface area contributed by atoms with E-state index in [1.807, 2.05) is 6.07 Å². The average Bonchev–Trinajstić information content (AvgIpc) is 2.03. The summed E-state index contributed by atoms with van der Waals surface area (Å²) >= 11 is -0.533. The van der Waals surface area contributed by atoms with Gasteiger partial charge in [0, 0.05) is 0 Å². The summed E-state index contributed by atoms with van der Waals surface area (Å²) in [4.78, 5) is 7.95. The standard InChI is InChI=1S/C6H4BIN3/c1-4-10-5(3-9)2-6(8-7)11-4/h2H,1H3. The number of hydrogen-bond acceptors (Lipinski definition) is 3. The van der Waals surface area contributed by atoms with E-state index < -0.39 is 20.5 Å². The molecule has 0 aromatic carbocycles. The molecule has 0 aliphatic heterocycles. The van der Waals surface area contributed by atoms with Crippen LogP contribution < -0.4 is 0 Å². The van der Waals surface area contributed by atoms with Crippen LogP contribution >= 0.6 is 20.5 Å². The van der Waals surface area contributed by atoms with Crippen molar-refractivity contribution in [1.82, 2.24) is 9.97 Å². The summed E-state index contributed by atoms with van der Waals surface area (Å²) in [5.41, 5.74) is 0.401. The van der Waals surface area contributed by atoms with Crippen molar-refractivity contribution < 1.29 is 0 Å². The van der Waals surface area contributed by atoms with Crippen molar-refractivity contribution in [3.8, 4) is 6.07 Å². The van der Waals surface area contributed by atoms with Crippen molar-refractivity contribution in [3.63, 3.8) is 0 Å². The summed E-state index contributed by atoms with van der Waals surface area (Å²) in [5, 5.41) is 14.0. The van der Waals surface area contributed by atoms with Gasteiger partial charge in [-0.3, -0.25) is 0 Å². The Morgan fingerprint density at radius 3 is 2.91 bits per heavy atom. The summed E-state index contributed by atoms with van der Waals surface area (Å²) in [5.74, 6) is 0.615. The molecule has 0 N–H and O–H groups in total. The van der Waals surface area contributed by atoms with Gasteiger partial charge in [0.25, 0.3) is 0 Å². The van der Waals surface area contributed by atoms with Crippen molar-refractivity contribution in [2.75, 3.05) is 0 Å². The van der Waals surface area contributed by atoms with Crippen LogP contribution in [0, 0.1) is 22.0 Å². The van der Waals surface area contributed by atoms with Gasteiger partial charge < -0.3 is 0 Å². The molecule has 1 aromatic heterocycles. The molecule has 0 bridgehead atoms. The zero-order chi connectivity index (χ0) is 8.27. The first kappa shape index (κ1) is 8.46. The van der Waals surface area contributed by atoms with Crippen LogP contribution in [0.15, 0.2) is 6.07 Å². The molecule has 0 saturated heterocycles. The molecule has 0 aliphatic carbocycles. The SMILES string of the molecule is [B]=Ic1cc(C#N)nc(C)n1. The average molecular weight is 256 g/mol. The molecule has 1 radical (unpaired) electrons. The Balaban J connectivity index is 3.25. The van der Waals surface area contributed by atoms with E-state index in [-0.39, 0.29) is 0 Å². The molecule has 11 heavy (non-hydrogen) atoms. The molecule has 0 spiro atoms. The van der Waals surface area contributed by atoms with Crippen molar-refractivity contribution in [3.05, 3.63) is 21.3 Å². The topological polar surface area (TPSA) is 49.6 Å². The van der Waals surface area contributed by atoms with E-state index in [4.69, 9.17) is 10.5 Å². The number of aryl methyl sites for hydroxylation is 1. The molecular weight excluding hydrogens is 252 g/mol. The monoisotopic (exact) mass is 256 g/mol. The van der Waals surface area contributed by atoms with Gasteiger partial charge in [0.2, 0.25) is 0 Å². The Kier molecular flexibility index (Phi) is 2.82. The fourth-order valence-electron chi connectivity index (χ4n) is 0.644. The second-order valence-electron chi connectivity index (χ2n) is 1.84. The summed E-state index contributed by atoms with van der Waals surface area (Å²) in [6.45, 7) is 1.75. The summed E-state index contributed by atoms with van der Waals surface area (Å²) in [6, 6.07) is 3.59. The van der Waals surface area contributed by atoms with Gasteiger partial charge in [-0.1, -0.05) is 0 Å². The predicted molar refractivity (Wildman–Crippen MR) is 50.0 cm³/mol. The number of hydrogen-bond donors (Lipinski definition) is 0. The Labute approximate surface area is 75.3 Å². The van der Waals surface area contributed by atoms with Gasteiger partial charge in [0.1, 0.15) is 0 Å². The minimum absolute atomic E-state index is 0.401. The normalized spacial score (nSPS) is 9.00. The Morgan fingerprint density at radius 1 is 1.64 bits per heavy atom. The molecular formula is C6H4BIN3. The van der Waals surface area contributed by atoms with E-state index in [9.17, 15) is 0 Å².